The zero-order valence-corrected chi connectivity index (χ0v) is 11.7. The van der Waals surface area contributed by atoms with Gasteiger partial charge in [0.2, 0.25) is 6.29 Å². The lowest BCUT2D eigenvalue weighted by molar-refractivity contribution is 0.303. The molecule has 3 nitrogen and oxygen atoms in total. The summed E-state index contributed by atoms with van der Waals surface area (Å²) in [6, 6.07) is 7.32. The van der Waals surface area contributed by atoms with E-state index in [-0.39, 0.29) is 6.61 Å². The fourth-order valence-corrected chi connectivity index (χ4v) is 1.82. The second-order valence-corrected chi connectivity index (χ2v) is 4.52. The zero-order chi connectivity index (χ0) is 13.8. The largest absolute Gasteiger partial charge is 0.494 e. The molecule has 1 rings (SSSR count). The van der Waals surface area contributed by atoms with Crippen LogP contribution in [0.5, 0.6) is 11.5 Å². The van der Waals surface area contributed by atoms with E-state index in [9.17, 15) is 4.79 Å². The number of carbonyl (C=O) groups excluding carboxylic acids is 1. The zero-order valence-electron chi connectivity index (χ0n) is 11.7. The van der Waals surface area contributed by atoms with Crippen LogP contribution in [0.1, 0.15) is 45.4 Å². The summed E-state index contributed by atoms with van der Waals surface area (Å²) in [4.78, 5) is 10.0. The van der Waals surface area contributed by atoms with Crippen LogP contribution in [0.4, 0.5) is 0 Å². The summed E-state index contributed by atoms with van der Waals surface area (Å²) >= 11 is 0. The lowest BCUT2D eigenvalue weighted by Crippen LogP contribution is -1.99. The lowest BCUT2D eigenvalue weighted by atomic mass is 10.1. The van der Waals surface area contributed by atoms with E-state index < -0.39 is 0 Å². The first kappa shape index (κ1) is 15.5. The highest BCUT2D eigenvalue weighted by Gasteiger charge is 1.97. The van der Waals surface area contributed by atoms with Crippen LogP contribution in [0, 0.1) is 0 Å². The Morgan fingerprint density at radius 3 is 2.11 bits per heavy atom. The Balaban J connectivity index is 2.10. The molecule has 1 aromatic carbocycles. The Kier molecular flexibility index (Phi) is 8.52. The number of hydrogen-bond acceptors (Lipinski definition) is 3. The molecule has 0 aliphatic carbocycles. The summed E-state index contributed by atoms with van der Waals surface area (Å²) in [6.45, 7) is 2.95. The summed E-state index contributed by atoms with van der Waals surface area (Å²) in [5.41, 5.74) is 0. The molecule has 0 bridgehead atoms. The van der Waals surface area contributed by atoms with E-state index in [1.54, 1.807) is 18.4 Å². The molecule has 0 fully saturated rings. The summed E-state index contributed by atoms with van der Waals surface area (Å²) in [5.74, 6) is 1.51. The van der Waals surface area contributed by atoms with Crippen LogP contribution in [0.25, 0.3) is 0 Å². The van der Waals surface area contributed by atoms with Crippen LogP contribution in [-0.4, -0.2) is 19.5 Å². The van der Waals surface area contributed by atoms with Gasteiger partial charge in [-0.15, -0.1) is 0 Å². The average Bonchev–Trinajstić information content (AvgIpc) is 2.45. The van der Waals surface area contributed by atoms with Crippen molar-refractivity contribution in [1.29, 1.82) is 0 Å². The minimum atomic E-state index is -0.0298. The summed E-state index contributed by atoms with van der Waals surface area (Å²) in [6.07, 6.45) is 9.27. The standard InChI is InChI=1S/C16H23O3/c1-2-3-4-5-6-7-13-18-15-8-10-16(11-9-15)19-14-12-17/h8-11H,2-7,13-14H2,1H3. The van der Waals surface area contributed by atoms with Crippen molar-refractivity contribution in [2.45, 2.75) is 45.4 Å². The molecule has 0 heterocycles. The molecule has 1 radical (unpaired) electrons. The summed E-state index contributed by atoms with van der Waals surface area (Å²) in [7, 11) is 0. The molecular weight excluding hydrogens is 240 g/mol. The van der Waals surface area contributed by atoms with Gasteiger partial charge < -0.3 is 9.47 Å². The van der Waals surface area contributed by atoms with E-state index in [0.717, 1.165) is 18.8 Å². The molecule has 0 aliphatic heterocycles. The van der Waals surface area contributed by atoms with Crippen LogP contribution >= 0.6 is 0 Å². The van der Waals surface area contributed by atoms with Crippen molar-refractivity contribution in [3.05, 3.63) is 24.3 Å². The highest BCUT2D eigenvalue weighted by molar-refractivity contribution is 5.52. The van der Waals surface area contributed by atoms with E-state index in [4.69, 9.17) is 9.47 Å². The molecule has 19 heavy (non-hydrogen) atoms. The average molecular weight is 263 g/mol. The molecule has 0 aromatic heterocycles. The summed E-state index contributed by atoms with van der Waals surface area (Å²) < 4.78 is 10.8. The van der Waals surface area contributed by atoms with Crippen molar-refractivity contribution >= 4 is 6.29 Å². The van der Waals surface area contributed by atoms with Crippen molar-refractivity contribution in [3.8, 4) is 11.5 Å². The lowest BCUT2D eigenvalue weighted by Gasteiger charge is -2.07. The maximum atomic E-state index is 10.0. The van der Waals surface area contributed by atoms with E-state index in [2.05, 4.69) is 6.92 Å². The van der Waals surface area contributed by atoms with Gasteiger partial charge in [-0.2, -0.15) is 0 Å². The van der Waals surface area contributed by atoms with E-state index in [1.165, 1.54) is 32.1 Å². The Hall–Kier alpha value is -1.51. The monoisotopic (exact) mass is 263 g/mol. The number of rotatable bonds is 11. The van der Waals surface area contributed by atoms with E-state index >= 15 is 0 Å². The maximum Gasteiger partial charge on any atom is 0.239 e. The van der Waals surface area contributed by atoms with Gasteiger partial charge in [-0.05, 0) is 30.7 Å². The van der Waals surface area contributed by atoms with Gasteiger partial charge in [0.25, 0.3) is 0 Å². The second-order valence-electron chi connectivity index (χ2n) is 4.52. The van der Waals surface area contributed by atoms with Gasteiger partial charge in [0, 0.05) is 0 Å². The third-order valence-corrected chi connectivity index (χ3v) is 2.89. The van der Waals surface area contributed by atoms with Crippen LogP contribution in [0.15, 0.2) is 24.3 Å². The van der Waals surface area contributed by atoms with Gasteiger partial charge in [-0.25, -0.2) is 0 Å². The van der Waals surface area contributed by atoms with Crippen LogP contribution in [-0.2, 0) is 4.79 Å². The molecule has 3 heteroatoms. The smallest absolute Gasteiger partial charge is 0.239 e. The first-order valence-corrected chi connectivity index (χ1v) is 7.07. The van der Waals surface area contributed by atoms with Gasteiger partial charge in [0.1, 0.15) is 11.5 Å². The fourth-order valence-electron chi connectivity index (χ4n) is 1.82. The molecule has 0 saturated heterocycles. The third-order valence-electron chi connectivity index (χ3n) is 2.89. The Labute approximate surface area is 115 Å². The molecule has 0 saturated carbocycles. The van der Waals surface area contributed by atoms with E-state index in [1.807, 2.05) is 12.1 Å². The Morgan fingerprint density at radius 2 is 1.47 bits per heavy atom. The minimum Gasteiger partial charge on any atom is -0.494 e. The predicted molar refractivity (Wildman–Crippen MR) is 76.5 cm³/mol. The van der Waals surface area contributed by atoms with Crippen molar-refractivity contribution in [2.24, 2.45) is 0 Å². The first-order chi connectivity index (χ1) is 9.36. The molecule has 0 amide bonds. The van der Waals surface area contributed by atoms with Crippen LogP contribution in [0.3, 0.4) is 0 Å². The minimum absolute atomic E-state index is 0.0298. The molecule has 0 unspecified atom stereocenters. The maximum absolute atomic E-state index is 10.0. The van der Waals surface area contributed by atoms with Gasteiger partial charge >= 0.3 is 0 Å². The predicted octanol–water partition coefficient (Wildman–Crippen LogP) is 3.91. The quantitative estimate of drug-likeness (QED) is 0.568. The van der Waals surface area contributed by atoms with Gasteiger partial charge in [0.15, 0.2) is 6.61 Å². The van der Waals surface area contributed by atoms with Gasteiger partial charge in [0.05, 0.1) is 6.61 Å². The van der Waals surface area contributed by atoms with E-state index in [0.29, 0.717) is 5.75 Å². The first-order valence-electron chi connectivity index (χ1n) is 7.07. The number of benzene rings is 1. The van der Waals surface area contributed by atoms with Gasteiger partial charge in [-0.1, -0.05) is 39.0 Å². The topological polar surface area (TPSA) is 35.5 Å². The van der Waals surface area contributed by atoms with Crippen molar-refractivity contribution in [1.82, 2.24) is 0 Å². The molecule has 1 aromatic rings. The molecule has 0 spiro atoms. The van der Waals surface area contributed by atoms with Crippen LogP contribution in [0.2, 0.25) is 0 Å². The Morgan fingerprint density at radius 1 is 0.895 bits per heavy atom. The highest BCUT2D eigenvalue weighted by atomic mass is 16.5. The second kappa shape index (κ2) is 10.4. The molecule has 0 aliphatic rings. The number of unbranched alkanes of at least 4 members (excludes halogenated alkanes) is 5. The fraction of sp³-hybridized carbons (Fsp3) is 0.562. The molecular formula is C16H23O3. The van der Waals surface area contributed by atoms with Crippen LogP contribution < -0.4 is 9.47 Å². The number of hydrogen-bond donors (Lipinski definition) is 0. The van der Waals surface area contributed by atoms with Crippen molar-refractivity contribution in [2.75, 3.05) is 13.2 Å². The Bertz CT molecular complexity index is 332. The molecule has 105 valence electrons. The molecule has 0 N–H and O–H groups in total. The van der Waals surface area contributed by atoms with Crippen molar-refractivity contribution in [3.63, 3.8) is 0 Å². The van der Waals surface area contributed by atoms with Gasteiger partial charge in [-0.3, -0.25) is 4.79 Å². The highest BCUT2D eigenvalue weighted by Crippen LogP contribution is 2.17. The van der Waals surface area contributed by atoms with Crippen molar-refractivity contribution < 1.29 is 14.3 Å². The SMILES string of the molecule is CCCCCCCCOc1ccc(OC[C]=O)cc1. The third kappa shape index (κ3) is 7.50. The number of ether oxygens (including phenoxy) is 2. The normalized spacial score (nSPS) is 10.2. The molecule has 0 atom stereocenters. The summed E-state index contributed by atoms with van der Waals surface area (Å²) in [5, 5.41) is 0.